The Labute approximate surface area is 113 Å². The maximum atomic E-state index is 11.3. The van der Waals surface area contributed by atoms with E-state index in [9.17, 15) is 8.42 Å². The summed E-state index contributed by atoms with van der Waals surface area (Å²) >= 11 is 0. The highest BCUT2D eigenvalue weighted by Crippen LogP contribution is 2.35. The zero-order valence-electron chi connectivity index (χ0n) is 12.3. The Balaban J connectivity index is 2.60. The van der Waals surface area contributed by atoms with Crippen LogP contribution >= 0.6 is 0 Å². The Morgan fingerprint density at radius 1 is 1.28 bits per heavy atom. The fourth-order valence-corrected chi connectivity index (χ4v) is 3.85. The molecule has 0 spiro atoms. The minimum Gasteiger partial charge on any atom is -0.314 e. The highest BCUT2D eigenvalue weighted by molar-refractivity contribution is 7.90. The van der Waals surface area contributed by atoms with Gasteiger partial charge in [0.25, 0.3) is 0 Å². The van der Waals surface area contributed by atoms with E-state index in [1.807, 2.05) is 0 Å². The zero-order chi connectivity index (χ0) is 13.8. The molecule has 1 aliphatic carbocycles. The predicted octanol–water partition coefficient (Wildman–Crippen LogP) is 2.47. The lowest BCUT2D eigenvalue weighted by atomic mass is 9.72. The van der Waals surface area contributed by atoms with Gasteiger partial charge >= 0.3 is 0 Å². The van der Waals surface area contributed by atoms with Gasteiger partial charge in [-0.3, -0.25) is 0 Å². The minimum atomic E-state index is -2.83. The lowest BCUT2D eigenvalue weighted by Gasteiger charge is -2.38. The van der Waals surface area contributed by atoms with Gasteiger partial charge in [0.05, 0.1) is 5.75 Å². The summed E-state index contributed by atoms with van der Waals surface area (Å²) in [7, 11) is -2.83. The van der Waals surface area contributed by atoms with Crippen molar-refractivity contribution in [3.05, 3.63) is 0 Å². The van der Waals surface area contributed by atoms with Crippen molar-refractivity contribution in [1.29, 1.82) is 0 Å². The molecule has 3 atom stereocenters. The van der Waals surface area contributed by atoms with Crippen molar-refractivity contribution in [1.82, 2.24) is 5.32 Å². The van der Waals surface area contributed by atoms with Crippen LogP contribution in [0.25, 0.3) is 0 Å². The maximum Gasteiger partial charge on any atom is 0.147 e. The van der Waals surface area contributed by atoms with Crippen LogP contribution in [-0.2, 0) is 9.84 Å². The van der Waals surface area contributed by atoms with E-state index in [0.29, 0.717) is 23.6 Å². The van der Waals surface area contributed by atoms with Crippen molar-refractivity contribution in [2.75, 3.05) is 18.6 Å². The van der Waals surface area contributed by atoms with Gasteiger partial charge in [0.15, 0.2) is 0 Å². The maximum absolute atomic E-state index is 11.3. The van der Waals surface area contributed by atoms with E-state index >= 15 is 0 Å². The topological polar surface area (TPSA) is 46.2 Å². The zero-order valence-corrected chi connectivity index (χ0v) is 13.1. The van der Waals surface area contributed by atoms with Crippen molar-refractivity contribution in [2.45, 2.75) is 52.5 Å². The molecule has 0 aromatic heterocycles. The highest BCUT2D eigenvalue weighted by Gasteiger charge is 2.31. The lowest BCUT2D eigenvalue weighted by Crippen LogP contribution is -2.42. The molecule has 3 unspecified atom stereocenters. The van der Waals surface area contributed by atoms with Gasteiger partial charge in [0, 0.05) is 12.3 Å². The second-order valence-electron chi connectivity index (χ2n) is 6.16. The Morgan fingerprint density at radius 3 is 2.44 bits per heavy atom. The van der Waals surface area contributed by atoms with Gasteiger partial charge < -0.3 is 5.32 Å². The molecule has 0 heterocycles. The molecule has 1 rings (SSSR count). The second-order valence-corrected chi connectivity index (χ2v) is 8.42. The molecule has 0 radical (unpaired) electrons. The van der Waals surface area contributed by atoms with Crippen LogP contribution in [0.15, 0.2) is 0 Å². The normalized spacial score (nSPS) is 29.7. The summed E-state index contributed by atoms with van der Waals surface area (Å²) in [5.74, 6) is 2.35. The highest BCUT2D eigenvalue weighted by atomic mass is 32.2. The van der Waals surface area contributed by atoms with E-state index in [0.717, 1.165) is 18.9 Å². The molecule has 0 bridgehead atoms. The summed E-state index contributed by atoms with van der Waals surface area (Å²) < 4.78 is 22.7. The van der Waals surface area contributed by atoms with Crippen molar-refractivity contribution in [3.63, 3.8) is 0 Å². The molecule has 108 valence electrons. The lowest BCUT2D eigenvalue weighted by molar-refractivity contribution is 0.166. The number of rotatable bonds is 6. The van der Waals surface area contributed by atoms with Crippen molar-refractivity contribution in [3.8, 4) is 0 Å². The largest absolute Gasteiger partial charge is 0.314 e. The quantitative estimate of drug-likeness (QED) is 0.810. The van der Waals surface area contributed by atoms with Crippen LogP contribution in [0, 0.1) is 17.8 Å². The van der Waals surface area contributed by atoms with Gasteiger partial charge in [-0.25, -0.2) is 8.42 Å². The van der Waals surface area contributed by atoms with Gasteiger partial charge in [0.1, 0.15) is 9.84 Å². The molecular formula is C14H29NO2S. The van der Waals surface area contributed by atoms with Crippen LogP contribution in [0.4, 0.5) is 0 Å². The molecule has 0 aliphatic heterocycles. The first-order chi connectivity index (χ1) is 8.33. The van der Waals surface area contributed by atoms with Crippen LogP contribution in [0.3, 0.4) is 0 Å². The van der Waals surface area contributed by atoms with Crippen LogP contribution in [0.5, 0.6) is 0 Å². The van der Waals surface area contributed by atoms with Gasteiger partial charge in [-0.05, 0) is 50.0 Å². The van der Waals surface area contributed by atoms with Gasteiger partial charge in [-0.15, -0.1) is 0 Å². The van der Waals surface area contributed by atoms with E-state index in [1.54, 1.807) is 0 Å². The summed E-state index contributed by atoms with van der Waals surface area (Å²) in [6, 6.07) is 0.520. The van der Waals surface area contributed by atoms with Gasteiger partial charge in [0.2, 0.25) is 0 Å². The molecule has 1 fully saturated rings. The number of nitrogens with one attached hydrogen (secondary N) is 1. The molecule has 0 saturated heterocycles. The molecular weight excluding hydrogens is 246 g/mol. The standard InChI is InChI=1S/C14H29NO2S/c1-5-15-14-7-6-12(11(2)3)10-13(14)8-9-18(4,16)17/h11-15H,5-10H2,1-4H3. The first-order valence-corrected chi connectivity index (χ1v) is 9.30. The number of hydrogen-bond donors (Lipinski definition) is 1. The van der Waals surface area contributed by atoms with Crippen LogP contribution in [0.2, 0.25) is 0 Å². The first kappa shape index (κ1) is 16.0. The second kappa shape index (κ2) is 6.90. The van der Waals surface area contributed by atoms with Crippen molar-refractivity contribution < 1.29 is 8.42 Å². The van der Waals surface area contributed by atoms with E-state index in [2.05, 4.69) is 26.1 Å². The van der Waals surface area contributed by atoms with E-state index in [1.165, 1.54) is 25.5 Å². The summed E-state index contributed by atoms with van der Waals surface area (Å²) in [5, 5.41) is 3.54. The SMILES string of the molecule is CCNC1CCC(C(C)C)CC1CCS(C)(=O)=O. The fourth-order valence-electron chi connectivity index (χ4n) is 3.12. The molecule has 1 saturated carbocycles. The molecule has 1 aliphatic rings. The van der Waals surface area contributed by atoms with Crippen LogP contribution in [-0.4, -0.2) is 33.0 Å². The summed E-state index contributed by atoms with van der Waals surface area (Å²) in [4.78, 5) is 0. The third-order valence-corrected chi connectivity index (χ3v) is 5.27. The van der Waals surface area contributed by atoms with E-state index < -0.39 is 9.84 Å². The Bertz CT molecular complexity index is 338. The van der Waals surface area contributed by atoms with Gasteiger partial charge in [-0.1, -0.05) is 20.8 Å². The Hall–Kier alpha value is -0.0900. The Morgan fingerprint density at radius 2 is 1.94 bits per heavy atom. The third-order valence-electron chi connectivity index (χ3n) is 4.29. The number of hydrogen-bond acceptors (Lipinski definition) is 3. The fraction of sp³-hybridized carbons (Fsp3) is 1.00. The van der Waals surface area contributed by atoms with Crippen LogP contribution in [0.1, 0.15) is 46.5 Å². The molecule has 0 aromatic carbocycles. The molecule has 1 N–H and O–H groups in total. The smallest absolute Gasteiger partial charge is 0.147 e. The summed E-state index contributed by atoms with van der Waals surface area (Å²) in [6.45, 7) is 7.67. The molecule has 0 aromatic rings. The van der Waals surface area contributed by atoms with Gasteiger partial charge in [-0.2, -0.15) is 0 Å². The van der Waals surface area contributed by atoms with Crippen molar-refractivity contribution >= 4 is 9.84 Å². The third kappa shape index (κ3) is 5.27. The summed E-state index contributed by atoms with van der Waals surface area (Å²) in [5.41, 5.74) is 0. The molecule has 18 heavy (non-hydrogen) atoms. The predicted molar refractivity (Wildman–Crippen MR) is 77.5 cm³/mol. The monoisotopic (exact) mass is 275 g/mol. The molecule has 3 nitrogen and oxygen atoms in total. The molecule has 4 heteroatoms. The number of sulfone groups is 1. The molecule has 0 amide bonds. The van der Waals surface area contributed by atoms with E-state index in [4.69, 9.17) is 0 Å². The van der Waals surface area contributed by atoms with Crippen molar-refractivity contribution in [2.24, 2.45) is 17.8 Å². The Kier molecular flexibility index (Phi) is 6.12. The average molecular weight is 275 g/mol. The van der Waals surface area contributed by atoms with Crippen LogP contribution < -0.4 is 5.32 Å². The first-order valence-electron chi connectivity index (χ1n) is 7.24. The van der Waals surface area contributed by atoms with E-state index in [-0.39, 0.29) is 0 Å². The average Bonchev–Trinajstić information content (AvgIpc) is 2.26. The summed E-state index contributed by atoms with van der Waals surface area (Å²) in [6.07, 6.45) is 5.83. The minimum absolute atomic E-state index is 0.338.